The Morgan fingerprint density at radius 1 is 1.03 bits per heavy atom. The van der Waals surface area contributed by atoms with Gasteiger partial charge >= 0.3 is 5.97 Å². The zero-order valence-corrected chi connectivity index (χ0v) is 19.9. The summed E-state index contributed by atoms with van der Waals surface area (Å²) < 4.78 is 7.33. The molecule has 3 aromatic carbocycles. The van der Waals surface area contributed by atoms with Crippen LogP contribution in [-0.4, -0.2) is 23.4 Å². The maximum atomic E-state index is 10.6. The first-order valence-electron chi connectivity index (χ1n) is 8.81. The van der Waals surface area contributed by atoms with Crippen molar-refractivity contribution < 1.29 is 14.6 Å². The standard InChI is InChI=1S/C23H18BrIO3S/c24-18-8-4-7-17(13-18)20(16-5-2-1-3-6-16)11-12-29-22-10-9-19(14-21(22)25)28-15-23(26)27/h1-11,13-14H,12,15H2,(H,26,27). The maximum absolute atomic E-state index is 10.6. The van der Waals surface area contributed by atoms with E-state index in [1.165, 1.54) is 16.7 Å². The average Bonchev–Trinajstić information content (AvgIpc) is 2.71. The molecule has 0 atom stereocenters. The van der Waals surface area contributed by atoms with Crippen LogP contribution in [0, 0.1) is 3.57 Å². The zero-order chi connectivity index (χ0) is 20.6. The summed E-state index contributed by atoms with van der Waals surface area (Å²) in [5.41, 5.74) is 3.53. The lowest BCUT2D eigenvalue weighted by molar-refractivity contribution is -0.139. The van der Waals surface area contributed by atoms with Crippen molar-refractivity contribution in [3.8, 4) is 5.75 Å². The van der Waals surface area contributed by atoms with Gasteiger partial charge in [-0.3, -0.25) is 0 Å². The van der Waals surface area contributed by atoms with Crippen molar-refractivity contribution in [3.63, 3.8) is 0 Å². The van der Waals surface area contributed by atoms with Crippen LogP contribution in [0.25, 0.3) is 5.57 Å². The highest BCUT2D eigenvalue weighted by Crippen LogP contribution is 2.31. The van der Waals surface area contributed by atoms with E-state index < -0.39 is 5.97 Å². The SMILES string of the molecule is O=C(O)COc1ccc(SCC=C(c2ccccc2)c2cccc(Br)c2)c(I)c1. The first-order valence-corrected chi connectivity index (χ1v) is 11.7. The molecule has 0 aromatic heterocycles. The van der Waals surface area contributed by atoms with Crippen LogP contribution in [0.2, 0.25) is 0 Å². The summed E-state index contributed by atoms with van der Waals surface area (Å²) in [6, 6.07) is 24.3. The molecule has 6 heteroatoms. The Labute approximate surface area is 196 Å². The minimum absolute atomic E-state index is 0.335. The molecule has 0 unspecified atom stereocenters. The van der Waals surface area contributed by atoms with Crippen LogP contribution in [0.3, 0.4) is 0 Å². The second-order valence-electron chi connectivity index (χ2n) is 6.08. The molecule has 29 heavy (non-hydrogen) atoms. The molecule has 0 aliphatic heterocycles. The third-order valence-corrected chi connectivity index (χ3v) is 6.76. The lowest BCUT2D eigenvalue weighted by atomic mass is 9.98. The van der Waals surface area contributed by atoms with Gasteiger partial charge in [-0.1, -0.05) is 64.5 Å². The number of hydrogen-bond donors (Lipinski definition) is 1. The number of aliphatic carboxylic acids is 1. The highest BCUT2D eigenvalue weighted by atomic mass is 127. The van der Waals surface area contributed by atoms with Gasteiger partial charge in [-0.05, 0) is 69.6 Å². The molecule has 0 saturated carbocycles. The van der Waals surface area contributed by atoms with Crippen LogP contribution in [-0.2, 0) is 4.79 Å². The van der Waals surface area contributed by atoms with Crippen molar-refractivity contribution in [1.82, 2.24) is 0 Å². The quantitative estimate of drug-likeness (QED) is 0.237. The first-order chi connectivity index (χ1) is 14.0. The molecule has 0 saturated heterocycles. The van der Waals surface area contributed by atoms with E-state index in [-0.39, 0.29) is 6.61 Å². The molecule has 0 aliphatic carbocycles. The summed E-state index contributed by atoms with van der Waals surface area (Å²) >= 11 is 7.55. The number of thioether (sulfide) groups is 1. The van der Waals surface area contributed by atoms with Crippen LogP contribution in [0.15, 0.2) is 88.2 Å². The van der Waals surface area contributed by atoms with Gasteiger partial charge < -0.3 is 9.84 Å². The summed E-state index contributed by atoms with van der Waals surface area (Å²) in [7, 11) is 0. The fourth-order valence-corrected chi connectivity index (χ4v) is 4.87. The lowest BCUT2D eigenvalue weighted by Crippen LogP contribution is -2.09. The highest BCUT2D eigenvalue weighted by Gasteiger charge is 2.07. The topological polar surface area (TPSA) is 46.5 Å². The number of halogens is 2. The minimum atomic E-state index is -0.982. The van der Waals surface area contributed by atoms with E-state index in [2.05, 4.69) is 68.9 Å². The van der Waals surface area contributed by atoms with Gasteiger partial charge in [-0.25, -0.2) is 4.79 Å². The van der Waals surface area contributed by atoms with Crippen LogP contribution in [0.5, 0.6) is 5.75 Å². The fourth-order valence-electron chi connectivity index (χ4n) is 2.72. The molecule has 3 nitrogen and oxygen atoms in total. The van der Waals surface area contributed by atoms with E-state index in [0.717, 1.165) is 18.7 Å². The number of carboxylic acids is 1. The molecule has 0 amide bonds. The molecule has 148 valence electrons. The minimum Gasteiger partial charge on any atom is -0.482 e. The van der Waals surface area contributed by atoms with Gasteiger partial charge in [0.05, 0.1) is 0 Å². The van der Waals surface area contributed by atoms with E-state index in [1.54, 1.807) is 11.8 Å². The Hall–Kier alpha value is -1.77. The van der Waals surface area contributed by atoms with Crippen molar-refractivity contribution in [2.75, 3.05) is 12.4 Å². The number of benzene rings is 3. The molecule has 3 aromatic rings. The molecule has 0 fully saturated rings. The lowest BCUT2D eigenvalue weighted by Gasteiger charge is -2.10. The molecule has 0 spiro atoms. The van der Waals surface area contributed by atoms with Crippen molar-refractivity contribution >= 4 is 61.8 Å². The van der Waals surface area contributed by atoms with E-state index in [1.807, 2.05) is 48.5 Å². The Bertz CT molecular complexity index is 1020. The molecular formula is C23H18BrIO3S. The van der Waals surface area contributed by atoms with Gasteiger partial charge in [0, 0.05) is 18.7 Å². The van der Waals surface area contributed by atoms with E-state index in [0.29, 0.717) is 5.75 Å². The molecule has 0 aliphatic rings. The van der Waals surface area contributed by atoms with Gasteiger partial charge in [0.1, 0.15) is 5.75 Å². The highest BCUT2D eigenvalue weighted by molar-refractivity contribution is 14.1. The second-order valence-corrected chi connectivity index (χ2v) is 9.22. The summed E-state index contributed by atoms with van der Waals surface area (Å²) in [5, 5.41) is 8.73. The first kappa shape index (κ1) is 21.9. The Morgan fingerprint density at radius 2 is 1.79 bits per heavy atom. The number of ether oxygens (including phenoxy) is 1. The summed E-state index contributed by atoms with van der Waals surface area (Å²) in [4.78, 5) is 11.8. The largest absolute Gasteiger partial charge is 0.482 e. The van der Waals surface area contributed by atoms with Gasteiger partial charge in [-0.2, -0.15) is 0 Å². The Kier molecular flexibility index (Phi) is 8.20. The fraction of sp³-hybridized carbons (Fsp3) is 0.0870. The van der Waals surface area contributed by atoms with Gasteiger partial charge in [0.15, 0.2) is 6.61 Å². The van der Waals surface area contributed by atoms with Gasteiger partial charge in [0.25, 0.3) is 0 Å². The third kappa shape index (κ3) is 6.62. The molecule has 0 heterocycles. The zero-order valence-electron chi connectivity index (χ0n) is 15.3. The Morgan fingerprint density at radius 3 is 2.48 bits per heavy atom. The van der Waals surface area contributed by atoms with E-state index in [9.17, 15) is 4.79 Å². The monoisotopic (exact) mass is 580 g/mol. The average molecular weight is 581 g/mol. The number of carboxylic acid groups (broad SMARTS) is 1. The van der Waals surface area contributed by atoms with Crippen LogP contribution in [0.1, 0.15) is 11.1 Å². The number of rotatable bonds is 8. The van der Waals surface area contributed by atoms with E-state index >= 15 is 0 Å². The number of carbonyl (C=O) groups is 1. The number of hydrogen-bond acceptors (Lipinski definition) is 3. The smallest absolute Gasteiger partial charge is 0.341 e. The van der Waals surface area contributed by atoms with Gasteiger partial charge in [0.2, 0.25) is 0 Å². The van der Waals surface area contributed by atoms with E-state index in [4.69, 9.17) is 9.84 Å². The molecular weight excluding hydrogens is 563 g/mol. The van der Waals surface area contributed by atoms with Crippen molar-refractivity contribution in [2.45, 2.75) is 4.90 Å². The van der Waals surface area contributed by atoms with Crippen LogP contribution in [0.4, 0.5) is 0 Å². The van der Waals surface area contributed by atoms with Crippen LogP contribution >= 0.6 is 50.3 Å². The van der Waals surface area contributed by atoms with Crippen molar-refractivity contribution in [2.24, 2.45) is 0 Å². The van der Waals surface area contributed by atoms with Crippen molar-refractivity contribution in [3.05, 3.63) is 98.0 Å². The summed E-state index contributed by atoms with van der Waals surface area (Å²) in [6.07, 6.45) is 2.24. The maximum Gasteiger partial charge on any atom is 0.341 e. The molecule has 0 radical (unpaired) electrons. The third-order valence-electron chi connectivity index (χ3n) is 4.01. The predicted molar refractivity (Wildman–Crippen MR) is 131 cm³/mol. The Balaban J connectivity index is 1.77. The summed E-state index contributed by atoms with van der Waals surface area (Å²) in [6.45, 7) is -0.335. The molecule has 3 rings (SSSR count). The molecule has 1 N–H and O–H groups in total. The second kappa shape index (κ2) is 10.8. The normalized spacial score (nSPS) is 11.3. The van der Waals surface area contributed by atoms with Crippen LogP contribution < -0.4 is 4.74 Å². The summed E-state index contributed by atoms with van der Waals surface area (Å²) in [5.74, 6) is 0.391. The predicted octanol–water partition coefficient (Wildman–Crippen LogP) is 6.74. The van der Waals surface area contributed by atoms with Crippen molar-refractivity contribution in [1.29, 1.82) is 0 Å². The van der Waals surface area contributed by atoms with Gasteiger partial charge in [-0.15, -0.1) is 11.8 Å². The molecule has 0 bridgehead atoms.